The molecule has 4 nitrogen and oxygen atoms in total. The highest BCUT2D eigenvalue weighted by atomic mass is 32.2. The van der Waals surface area contributed by atoms with E-state index < -0.39 is 0 Å². The number of likely N-dealkylation sites (tertiary alicyclic amines) is 1. The third-order valence-electron chi connectivity index (χ3n) is 6.28. The number of nitrogens with one attached hydrogen (secondary N) is 2. The van der Waals surface area contributed by atoms with Crippen LogP contribution < -0.4 is 4.72 Å². The summed E-state index contributed by atoms with van der Waals surface area (Å²) in [5.74, 6) is 0. The van der Waals surface area contributed by atoms with Gasteiger partial charge in [0.25, 0.3) is 0 Å². The second kappa shape index (κ2) is 7.90. The Bertz CT molecular complexity index is 1130. The van der Waals surface area contributed by atoms with Crippen LogP contribution in [0.4, 0.5) is 0 Å². The molecule has 0 aliphatic carbocycles. The average molecular weight is 405 g/mol. The van der Waals surface area contributed by atoms with Crippen LogP contribution in [-0.4, -0.2) is 33.6 Å². The van der Waals surface area contributed by atoms with Gasteiger partial charge >= 0.3 is 0 Å². The summed E-state index contributed by atoms with van der Waals surface area (Å²) in [6.45, 7) is 4.47. The fourth-order valence-corrected chi connectivity index (χ4v) is 5.48. The van der Waals surface area contributed by atoms with E-state index in [9.17, 15) is 0 Å². The molecule has 0 radical (unpaired) electrons. The molecule has 1 unspecified atom stereocenters. The molecule has 2 aromatic heterocycles. The molecule has 2 N–H and O–H groups in total. The number of hydrogen-bond acceptors (Lipinski definition) is 3. The number of para-hydroxylation sites is 1. The lowest BCUT2D eigenvalue weighted by atomic mass is 10.0. The molecule has 1 aliphatic rings. The van der Waals surface area contributed by atoms with Crippen molar-refractivity contribution in [3.63, 3.8) is 0 Å². The highest BCUT2D eigenvalue weighted by molar-refractivity contribution is 7.97. The molecule has 150 valence electrons. The van der Waals surface area contributed by atoms with E-state index in [1.165, 1.54) is 51.7 Å². The molecule has 0 amide bonds. The van der Waals surface area contributed by atoms with Crippen molar-refractivity contribution < 1.29 is 0 Å². The van der Waals surface area contributed by atoms with Crippen LogP contribution in [0.5, 0.6) is 0 Å². The van der Waals surface area contributed by atoms with Crippen molar-refractivity contribution in [3.05, 3.63) is 66.5 Å². The van der Waals surface area contributed by atoms with Gasteiger partial charge in [0.1, 0.15) is 0 Å². The third kappa shape index (κ3) is 3.59. The number of fused-ring (bicyclic) bond motifs is 2. The molecule has 2 atom stereocenters. The zero-order valence-corrected chi connectivity index (χ0v) is 17.9. The SMILES string of the molecule is C[C@H]1CCCN1C(CNSc1ccc2cc[nH]c2c1)c1cn(C)c2ccccc12. The van der Waals surface area contributed by atoms with Crippen LogP contribution in [0.25, 0.3) is 21.8 Å². The van der Waals surface area contributed by atoms with Crippen molar-refractivity contribution in [2.75, 3.05) is 13.1 Å². The molecule has 1 aliphatic heterocycles. The average Bonchev–Trinajstić information content (AvgIpc) is 3.45. The highest BCUT2D eigenvalue weighted by Crippen LogP contribution is 2.34. The van der Waals surface area contributed by atoms with E-state index in [4.69, 9.17) is 0 Å². The number of H-pyrrole nitrogens is 1. The predicted octanol–water partition coefficient (Wildman–Crippen LogP) is 5.48. The predicted molar refractivity (Wildman–Crippen MR) is 123 cm³/mol. The lowest BCUT2D eigenvalue weighted by molar-refractivity contribution is 0.194. The van der Waals surface area contributed by atoms with Gasteiger partial charge in [-0.15, -0.1) is 0 Å². The Hall–Kier alpha value is -2.21. The van der Waals surface area contributed by atoms with Gasteiger partial charge in [0.15, 0.2) is 0 Å². The van der Waals surface area contributed by atoms with Crippen LogP contribution in [0.15, 0.2) is 65.8 Å². The van der Waals surface area contributed by atoms with E-state index in [0.29, 0.717) is 12.1 Å². The monoisotopic (exact) mass is 404 g/mol. The van der Waals surface area contributed by atoms with Gasteiger partial charge in [-0.3, -0.25) is 9.62 Å². The molecular weight excluding hydrogens is 376 g/mol. The Labute approximate surface area is 176 Å². The van der Waals surface area contributed by atoms with Crippen molar-refractivity contribution in [3.8, 4) is 0 Å². The topological polar surface area (TPSA) is 36.0 Å². The molecule has 3 heterocycles. The molecular formula is C24H28N4S. The van der Waals surface area contributed by atoms with Gasteiger partial charge in [-0.05, 0) is 73.5 Å². The minimum atomic E-state index is 0.375. The highest BCUT2D eigenvalue weighted by Gasteiger charge is 2.30. The van der Waals surface area contributed by atoms with Crippen molar-refractivity contribution in [1.82, 2.24) is 19.2 Å². The summed E-state index contributed by atoms with van der Waals surface area (Å²) in [5, 5.41) is 2.63. The van der Waals surface area contributed by atoms with Crippen molar-refractivity contribution >= 4 is 33.8 Å². The zero-order valence-electron chi connectivity index (χ0n) is 17.1. The van der Waals surface area contributed by atoms with Crippen LogP contribution in [0.1, 0.15) is 31.4 Å². The lowest BCUT2D eigenvalue weighted by Crippen LogP contribution is -2.36. The molecule has 29 heavy (non-hydrogen) atoms. The first-order valence-corrected chi connectivity index (χ1v) is 11.3. The fourth-order valence-electron chi connectivity index (χ4n) is 4.76. The molecule has 5 heteroatoms. The van der Waals surface area contributed by atoms with Gasteiger partial charge in [0.2, 0.25) is 0 Å². The van der Waals surface area contributed by atoms with Crippen molar-refractivity contribution in [1.29, 1.82) is 0 Å². The minimum absolute atomic E-state index is 0.375. The first-order valence-electron chi connectivity index (χ1n) is 10.5. The third-order valence-corrected chi connectivity index (χ3v) is 7.09. The Morgan fingerprint density at radius 3 is 2.97 bits per heavy atom. The molecule has 4 aromatic rings. The largest absolute Gasteiger partial charge is 0.361 e. The first kappa shape index (κ1) is 18.8. The van der Waals surface area contributed by atoms with E-state index in [0.717, 1.165) is 6.54 Å². The van der Waals surface area contributed by atoms with Crippen LogP contribution in [0.2, 0.25) is 0 Å². The number of aromatic nitrogens is 2. The number of hydrogen-bond donors (Lipinski definition) is 2. The van der Waals surface area contributed by atoms with Crippen LogP contribution in [0.3, 0.4) is 0 Å². The summed E-state index contributed by atoms with van der Waals surface area (Å²) in [6.07, 6.45) is 6.91. The Morgan fingerprint density at radius 1 is 1.21 bits per heavy atom. The smallest absolute Gasteiger partial charge is 0.0506 e. The normalized spacial score (nSPS) is 18.8. The summed E-state index contributed by atoms with van der Waals surface area (Å²) in [6, 6.07) is 18.5. The van der Waals surface area contributed by atoms with E-state index >= 15 is 0 Å². The Kier molecular flexibility index (Phi) is 5.12. The van der Waals surface area contributed by atoms with E-state index in [-0.39, 0.29) is 0 Å². The first-order chi connectivity index (χ1) is 14.2. The Morgan fingerprint density at radius 2 is 2.10 bits per heavy atom. The van der Waals surface area contributed by atoms with Crippen LogP contribution in [0, 0.1) is 0 Å². The number of rotatable bonds is 6. The molecule has 0 spiro atoms. The summed E-state index contributed by atoms with van der Waals surface area (Å²) >= 11 is 1.73. The molecule has 1 saturated heterocycles. The molecule has 0 saturated carbocycles. The summed E-state index contributed by atoms with van der Waals surface area (Å²) < 4.78 is 5.95. The minimum Gasteiger partial charge on any atom is -0.361 e. The maximum Gasteiger partial charge on any atom is 0.0506 e. The van der Waals surface area contributed by atoms with Gasteiger partial charge in [0, 0.05) is 53.3 Å². The maximum atomic E-state index is 3.68. The molecule has 1 fully saturated rings. The van der Waals surface area contributed by atoms with Crippen molar-refractivity contribution in [2.45, 2.75) is 36.7 Å². The summed E-state index contributed by atoms with van der Waals surface area (Å²) in [5.41, 5.74) is 3.93. The lowest BCUT2D eigenvalue weighted by Gasteiger charge is -2.31. The van der Waals surface area contributed by atoms with Crippen molar-refractivity contribution in [2.24, 2.45) is 7.05 Å². The fraction of sp³-hybridized carbons (Fsp3) is 0.333. The van der Waals surface area contributed by atoms with Gasteiger partial charge in [0.05, 0.1) is 6.04 Å². The molecule has 5 rings (SSSR count). The second-order valence-corrected chi connectivity index (χ2v) is 9.10. The standard InChI is InChI=1S/C24H28N4S/c1-17-6-5-13-28(17)24(21-16-27(2)23-8-4-3-7-20(21)23)15-26-29-19-10-9-18-11-12-25-22(18)14-19/h3-4,7-12,14,16-17,24-26H,5-6,13,15H2,1-2H3/t17-,24?/m0/s1. The van der Waals surface area contributed by atoms with E-state index in [1.54, 1.807) is 11.9 Å². The van der Waals surface area contributed by atoms with Crippen LogP contribution >= 0.6 is 11.9 Å². The quantitative estimate of drug-likeness (QED) is 0.418. The van der Waals surface area contributed by atoms with Gasteiger partial charge in [-0.1, -0.05) is 24.3 Å². The maximum absolute atomic E-state index is 3.68. The van der Waals surface area contributed by atoms with Gasteiger partial charge in [-0.2, -0.15) is 0 Å². The number of benzene rings is 2. The number of aryl methyl sites for hydroxylation is 1. The van der Waals surface area contributed by atoms with E-state index in [2.05, 4.69) is 87.9 Å². The number of nitrogens with zero attached hydrogens (tertiary/aromatic N) is 2. The summed E-state index contributed by atoms with van der Waals surface area (Å²) in [4.78, 5) is 7.23. The molecule has 0 bridgehead atoms. The summed E-state index contributed by atoms with van der Waals surface area (Å²) in [7, 11) is 2.16. The number of aromatic amines is 1. The van der Waals surface area contributed by atoms with E-state index in [1.807, 2.05) is 6.20 Å². The van der Waals surface area contributed by atoms with Crippen LogP contribution in [-0.2, 0) is 7.05 Å². The van der Waals surface area contributed by atoms with Gasteiger partial charge < -0.3 is 9.55 Å². The Balaban J connectivity index is 1.40. The zero-order chi connectivity index (χ0) is 19.8. The molecule has 2 aromatic carbocycles. The second-order valence-electron chi connectivity index (χ2n) is 8.13. The van der Waals surface area contributed by atoms with Gasteiger partial charge in [-0.25, -0.2) is 0 Å².